The molecule has 0 radical (unpaired) electrons. The summed E-state index contributed by atoms with van der Waals surface area (Å²) in [4.78, 5) is 40.4. The van der Waals surface area contributed by atoms with Crippen LogP contribution in [-0.2, 0) is 35.2 Å². The number of benzene rings is 1. The van der Waals surface area contributed by atoms with Gasteiger partial charge in [0.2, 0.25) is 11.5 Å². The number of esters is 1. The minimum absolute atomic E-state index is 0.0470. The number of Topliss-reactive ketones (excluding diaryl/α,β-unsaturated/α-hetero) is 1. The Hall–Kier alpha value is -2.74. The summed E-state index contributed by atoms with van der Waals surface area (Å²) in [6.07, 6.45) is 0.931. The predicted molar refractivity (Wildman–Crippen MR) is 82.9 cm³/mol. The van der Waals surface area contributed by atoms with Crippen molar-refractivity contribution < 1.29 is 33.1 Å². The number of halogens is 1. The van der Waals surface area contributed by atoms with Gasteiger partial charge in [0.25, 0.3) is 5.91 Å². The summed E-state index contributed by atoms with van der Waals surface area (Å²) in [6, 6.07) is 5.43. The Bertz CT molecular complexity index is 710. The first-order valence-corrected chi connectivity index (χ1v) is 7.48. The first-order chi connectivity index (χ1) is 11.7. The van der Waals surface area contributed by atoms with Crippen LogP contribution in [0.3, 0.4) is 0 Å². The summed E-state index contributed by atoms with van der Waals surface area (Å²) >= 11 is 0. The molecule has 1 saturated heterocycles. The third-order valence-corrected chi connectivity index (χ3v) is 3.06. The van der Waals surface area contributed by atoms with Crippen LogP contribution >= 0.6 is 0 Å². The minimum Gasteiger partial charge on any atom is -0.445 e. The Balaban J connectivity index is 2.16. The van der Waals surface area contributed by atoms with Gasteiger partial charge in [-0.1, -0.05) is 12.1 Å². The first-order valence-electron chi connectivity index (χ1n) is 7.48. The van der Waals surface area contributed by atoms with Crippen LogP contribution in [0.2, 0.25) is 0 Å². The Morgan fingerprint density at radius 3 is 2.40 bits per heavy atom. The standard InChI is InChI=1S/C17H18FNO6/c1-11(20)10-23-19(9-12-4-6-13(18)7-5-12)15(21)8-14-16(22)25-17(2,3)24-14/h4-8H,9-10H2,1-3H3/b14-8-. The molecule has 2 rings (SSSR count). The highest BCUT2D eigenvalue weighted by Crippen LogP contribution is 2.26. The number of rotatable bonds is 6. The smallest absolute Gasteiger partial charge is 0.377 e. The summed E-state index contributed by atoms with van der Waals surface area (Å²) in [5.41, 5.74) is 0.576. The lowest BCUT2D eigenvalue weighted by molar-refractivity contribution is -0.186. The molecule has 1 heterocycles. The number of nitrogens with zero attached hydrogens (tertiary/aromatic N) is 1. The summed E-state index contributed by atoms with van der Waals surface area (Å²) in [7, 11) is 0. The van der Waals surface area contributed by atoms with Crippen LogP contribution in [0.15, 0.2) is 36.1 Å². The third-order valence-electron chi connectivity index (χ3n) is 3.06. The number of cyclic esters (lactones) is 1. The van der Waals surface area contributed by atoms with Gasteiger partial charge in [0.1, 0.15) is 12.4 Å². The first kappa shape index (κ1) is 18.6. The molecule has 25 heavy (non-hydrogen) atoms. The second kappa shape index (κ2) is 7.43. The molecule has 1 aliphatic rings. The Labute approximate surface area is 143 Å². The van der Waals surface area contributed by atoms with Crippen LogP contribution in [0.5, 0.6) is 0 Å². The number of hydroxylamine groups is 2. The number of ketones is 1. The predicted octanol–water partition coefficient (Wildman–Crippen LogP) is 1.87. The van der Waals surface area contributed by atoms with Crippen molar-refractivity contribution in [1.82, 2.24) is 5.06 Å². The lowest BCUT2D eigenvalue weighted by atomic mass is 10.2. The molecule has 8 heteroatoms. The maximum atomic E-state index is 13.0. The van der Waals surface area contributed by atoms with Crippen molar-refractivity contribution in [3.63, 3.8) is 0 Å². The highest BCUT2D eigenvalue weighted by atomic mass is 19.1. The molecular formula is C17H18FNO6. The van der Waals surface area contributed by atoms with Gasteiger partial charge in [0.05, 0.1) is 12.6 Å². The van der Waals surface area contributed by atoms with Gasteiger partial charge < -0.3 is 9.47 Å². The molecule has 1 amide bonds. The second-order valence-electron chi connectivity index (χ2n) is 5.88. The number of carbonyl (C=O) groups excluding carboxylic acids is 3. The molecule has 1 aromatic rings. The van der Waals surface area contributed by atoms with E-state index in [1.807, 2.05) is 0 Å². The number of ether oxygens (including phenoxy) is 2. The quantitative estimate of drug-likeness (QED) is 0.442. The van der Waals surface area contributed by atoms with Crippen molar-refractivity contribution in [3.8, 4) is 0 Å². The van der Waals surface area contributed by atoms with Crippen LogP contribution in [0.25, 0.3) is 0 Å². The fourth-order valence-corrected chi connectivity index (χ4v) is 1.99. The van der Waals surface area contributed by atoms with Crippen LogP contribution in [0.4, 0.5) is 4.39 Å². The van der Waals surface area contributed by atoms with Gasteiger partial charge in [0, 0.05) is 13.8 Å². The molecule has 0 unspecified atom stereocenters. The van der Waals surface area contributed by atoms with Gasteiger partial charge in [-0.05, 0) is 24.6 Å². The Morgan fingerprint density at radius 2 is 1.88 bits per heavy atom. The Kier molecular flexibility index (Phi) is 5.53. The van der Waals surface area contributed by atoms with Gasteiger partial charge in [-0.15, -0.1) is 0 Å². The molecule has 0 aromatic heterocycles. The van der Waals surface area contributed by atoms with Crippen molar-refractivity contribution >= 4 is 17.7 Å². The highest BCUT2D eigenvalue weighted by Gasteiger charge is 2.38. The maximum absolute atomic E-state index is 13.0. The zero-order valence-corrected chi connectivity index (χ0v) is 14.1. The molecular weight excluding hydrogens is 333 g/mol. The zero-order chi connectivity index (χ0) is 18.6. The van der Waals surface area contributed by atoms with E-state index in [2.05, 4.69) is 0 Å². The zero-order valence-electron chi connectivity index (χ0n) is 14.1. The second-order valence-corrected chi connectivity index (χ2v) is 5.88. The van der Waals surface area contributed by atoms with Gasteiger partial charge >= 0.3 is 5.97 Å². The summed E-state index contributed by atoms with van der Waals surface area (Å²) < 4.78 is 23.2. The molecule has 1 aromatic carbocycles. The van der Waals surface area contributed by atoms with Gasteiger partial charge in [-0.2, -0.15) is 0 Å². The van der Waals surface area contributed by atoms with E-state index in [9.17, 15) is 18.8 Å². The van der Waals surface area contributed by atoms with Gasteiger partial charge in [0.15, 0.2) is 5.78 Å². The molecule has 0 bridgehead atoms. The fourth-order valence-electron chi connectivity index (χ4n) is 1.99. The maximum Gasteiger partial charge on any atom is 0.377 e. The normalized spacial score (nSPS) is 17.1. The van der Waals surface area contributed by atoms with Crippen molar-refractivity contribution in [2.24, 2.45) is 0 Å². The molecule has 1 fully saturated rings. The summed E-state index contributed by atoms with van der Waals surface area (Å²) in [5, 5.41) is 0.892. The molecule has 7 nitrogen and oxygen atoms in total. The fraction of sp³-hybridized carbons (Fsp3) is 0.353. The van der Waals surface area contributed by atoms with E-state index in [0.717, 1.165) is 11.1 Å². The van der Waals surface area contributed by atoms with Crippen molar-refractivity contribution in [1.29, 1.82) is 0 Å². The average molecular weight is 351 g/mol. The number of carbonyl (C=O) groups is 3. The van der Waals surface area contributed by atoms with Crippen LogP contribution in [0, 0.1) is 5.82 Å². The van der Waals surface area contributed by atoms with E-state index in [0.29, 0.717) is 5.56 Å². The van der Waals surface area contributed by atoms with Crippen LogP contribution < -0.4 is 0 Å². The van der Waals surface area contributed by atoms with E-state index in [1.165, 1.54) is 45.0 Å². The molecule has 0 spiro atoms. The molecule has 0 aliphatic carbocycles. The molecule has 0 saturated carbocycles. The van der Waals surface area contributed by atoms with Gasteiger partial charge in [-0.3, -0.25) is 14.4 Å². The largest absolute Gasteiger partial charge is 0.445 e. The third kappa shape index (κ3) is 5.39. The lowest BCUT2D eigenvalue weighted by Gasteiger charge is -2.20. The molecule has 1 aliphatic heterocycles. The number of hydrogen-bond donors (Lipinski definition) is 0. The molecule has 0 N–H and O–H groups in total. The minimum atomic E-state index is -1.16. The monoisotopic (exact) mass is 351 g/mol. The van der Waals surface area contributed by atoms with E-state index >= 15 is 0 Å². The summed E-state index contributed by atoms with van der Waals surface area (Å²) in [5.74, 6) is -3.61. The average Bonchev–Trinajstić information content (AvgIpc) is 2.77. The van der Waals surface area contributed by atoms with Crippen LogP contribution in [-0.4, -0.2) is 35.1 Å². The number of amides is 1. The van der Waals surface area contributed by atoms with E-state index in [1.54, 1.807) is 0 Å². The van der Waals surface area contributed by atoms with E-state index in [-0.39, 0.29) is 24.7 Å². The van der Waals surface area contributed by atoms with E-state index < -0.39 is 23.5 Å². The lowest BCUT2D eigenvalue weighted by Crippen LogP contribution is -2.31. The van der Waals surface area contributed by atoms with Crippen molar-refractivity contribution in [3.05, 3.63) is 47.5 Å². The molecule has 0 atom stereocenters. The SMILES string of the molecule is CC(=O)CON(Cc1ccc(F)cc1)C(=O)/C=C1\OC(C)(C)OC1=O. The molecule has 134 valence electrons. The Morgan fingerprint density at radius 1 is 1.24 bits per heavy atom. The topological polar surface area (TPSA) is 82.1 Å². The van der Waals surface area contributed by atoms with Gasteiger partial charge in [-0.25, -0.2) is 14.2 Å². The van der Waals surface area contributed by atoms with Crippen molar-refractivity contribution in [2.45, 2.75) is 33.1 Å². The summed E-state index contributed by atoms with van der Waals surface area (Å²) in [6.45, 7) is 3.98. The van der Waals surface area contributed by atoms with Crippen LogP contribution in [0.1, 0.15) is 26.3 Å². The highest BCUT2D eigenvalue weighted by molar-refractivity contribution is 5.97. The number of hydrogen-bond acceptors (Lipinski definition) is 6. The van der Waals surface area contributed by atoms with E-state index in [4.69, 9.17) is 14.3 Å². The van der Waals surface area contributed by atoms with Crippen molar-refractivity contribution in [2.75, 3.05) is 6.61 Å².